The Kier molecular flexibility index (Phi) is 5.21. The second-order valence-electron chi connectivity index (χ2n) is 7.51. The molecule has 0 atom stereocenters. The van der Waals surface area contributed by atoms with Crippen LogP contribution in [0.25, 0.3) is 5.65 Å². The predicted molar refractivity (Wildman–Crippen MR) is 105 cm³/mol. The third-order valence-corrected chi connectivity index (χ3v) is 5.71. The molecule has 0 unspecified atom stereocenters. The third-order valence-electron chi connectivity index (χ3n) is 5.71. The van der Waals surface area contributed by atoms with Gasteiger partial charge in [0, 0.05) is 38.6 Å². The van der Waals surface area contributed by atoms with E-state index in [1.54, 1.807) is 34.5 Å². The van der Waals surface area contributed by atoms with Crippen LogP contribution in [-0.2, 0) is 7.05 Å². The average molecular weight is 402 g/mol. The molecule has 3 aromatic rings. The largest absolute Gasteiger partial charge is 0.358 e. The van der Waals surface area contributed by atoms with Crippen LogP contribution in [0.3, 0.4) is 0 Å². The summed E-state index contributed by atoms with van der Waals surface area (Å²) in [7, 11) is 3.73. The summed E-state index contributed by atoms with van der Waals surface area (Å²) in [6, 6.07) is 7.57. The van der Waals surface area contributed by atoms with Crippen LogP contribution in [0.1, 0.15) is 48.3 Å². The number of nitrogens with zero attached hydrogens (tertiary/aromatic N) is 5. The number of anilines is 1. The van der Waals surface area contributed by atoms with E-state index in [9.17, 15) is 13.6 Å². The van der Waals surface area contributed by atoms with Crippen LogP contribution in [0.2, 0.25) is 0 Å². The number of aromatic nitrogens is 4. The molecule has 0 aromatic carbocycles. The van der Waals surface area contributed by atoms with E-state index in [2.05, 4.69) is 20.3 Å². The van der Waals surface area contributed by atoms with Gasteiger partial charge in [-0.2, -0.15) is 5.10 Å². The minimum absolute atomic E-state index is 0.107. The molecule has 0 bridgehead atoms. The molecule has 3 aromatic heterocycles. The molecule has 1 amide bonds. The highest BCUT2D eigenvalue weighted by molar-refractivity contribution is 5.92. The number of carbonyl (C=O) groups excluding carboxylic acids is 1. The first kappa shape index (κ1) is 19.4. The summed E-state index contributed by atoms with van der Waals surface area (Å²) in [5.41, 5.74) is 0.847. The quantitative estimate of drug-likeness (QED) is 0.712. The molecule has 0 spiro atoms. The van der Waals surface area contributed by atoms with Gasteiger partial charge in [-0.15, -0.1) is 0 Å². The van der Waals surface area contributed by atoms with Gasteiger partial charge in [0.1, 0.15) is 22.9 Å². The number of amides is 1. The van der Waals surface area contributed by atoms with Gasteiger partial charge in [-0.05, 0) is 43.9 Å². The maximum Gasteiger partial charge on any atom is 0.281 e. The van der Waals surface area contributed by atoms with Crippen LogP contribution in [0.5, 0.6) is 0 Å². The SMILES string of the molecule is CN(c1cccc2nc(C(F)F)cn12)C1CCC(NC(=O)c2ccnn2C)CC1. The van der Waals surface area contributed by atoms with E-state index in [0.717, 1.165) is 31.5 Å². The summed E-state index contributed by atoms with van der Waals surface area (Å²) >= 11 is 0. The van der Waals surface area contributed by atoms with Gasteiger partial charge in [-0.25, -0.2) is 13.8 Å². The minimum Gasteiger partial charge on any atom is -0.358 e. The summed E-state index contributed by atoms with van der Waals surface area (Å²) < 4.78 is 29.4. The van der Waals surface area contributed by atoms with Crippen molar-refractivity contribution < 1.29 is 13.6 Å². The molecule has 1 N–H and O–H groups in total. The maximum atomic E-state index is 13.0. The number of imidazole rings is 1. The summed E-state index contributed by atoms with van der Waals surface area (Å²) in [5.74, 6) is 0.730. The first-order chi connectivity index (χ1) is 13.9. The van der Waals surface area contributed by atoms with Gasteiger partial charge in [0.15, 0.2) is 0 Å². The number of nitrogens with one attached hydrogen (secondary N) is 1. The van der Waals surface area contributed by atoms with Gasteiger partial charge in [-0.3, -0.25) is 13.9 Å². The van der Waals surface area contributed by atoms with Gasteiger partial charge in [-0.1, -0.05) is 6.07 Å². The molecule has 7 nitrogen and oxygen atoms in total. The molecule has 1 aliphatic rings. The van der Waals surface area contributed by atoms with E-state index >= 15 is 0 Å². The molecule has 1 aliphatic carbocycles. The smallest absolute Gasteiger partial charge is 0.281 e. The highest BCUT2D eigenvalue weighted by Crippen LogP contribution is 2.28. The molecular weight excluding hydrogens is 378 g/mol. The Labute approximate surface area is 167 Å². The minimum atomic E-state index is -2.59. The van der Waals surface area contributed by atoms with Crippen molar-refractivity contribution in [1.29, 1.82) is 0 Å². The number of fused-ring (bicyclic) bond motifs is 1. The van der Waals surface area contributed by atoms with Gasteiger partial charge in [0.2, 0.25) is 0 Å². The Hall–Kier alpha value is -2.97. The Morgan fingerprint density at radius 3 is 2.66 bits per heavy atom. The van der Waals surface area contributed by atoms with E-state index in [0.29, 0.717) is 11.3 Å². The third kappa shape index (κ3) is 3.81. The van der Waals surface area contributed by atoms with Crippen molar-refractivity contribution in [3.8, 4) is 0 Å². The van der Waals surface area contributed by atoms with E-state index < -0.39 is 6.43 Å². The van der Waals surface area contributed by atoms with Crippen molar-refractivity contribution >= 4 is 17.4 Å². The van der Waals surface area contributed by atoms with Crippen molar-refractivity contribution in [3.05, 3.63) is 48.0 Å². The van der Waals surface area contributed by atoms with Crippen LogP contribution in [0, 0.1) is 0 Å². The van der Waals surface area contributed by atoms with Crippen LogP contribution < -0.4 is 10.2 Å². The Bertz CT molecular complexity index is 1010. The molecule has 0 aliphatic heterocycles. The molecule has 154 valence electrons. The zero-order valence-corrected chi connectivity index (χ0v) is 16.4. The average Bonchev–Trinajstić information content (AvgIpc) is 3.34. The number of rotatable bonds is 5. The molecule has 9 heteroatoms. The number of aryl methyl sites for hydroxylation is 1. The Balaban J connectivity index is 1.42. The zero-order chi connectivity index (χ0) is 20.5. The van der Waals surface area contributed by atoms with Gasteiger partial charge >= 0.3 is 0 Å². The fraction of sp³-hybridized carbons (Fsp3) is 0.450. The summed E-state index contributed by atoms with van der Waals surface area (Å²) in [5, 5.41) is 7.12. The monoisotopic (exact) mass is 402 g/mol. The lowest BCUT2D eigenvalue weighted by molar-refractivity contribution is 0.0916. The van der Waals surface area contributed by atoms with Crippen molar-refractivity contribution in [2.24, 2.45) is 7.05 Å². The standard InChI is InChI=1S/C20H24F2N6O/c1-26(18-5-3-4-17-25-15(19(21)22)12-28(17)18)14-8-6-13(7-9-14)24-20(29)16-10-11-23-27(16)2/h3-5,10-14,19H,6-9H2,1-2H3,(H,24,29). The van der Waals surface area contributed by atoms with Crippen molar-refractivity contribution in [2.75, 3.05) is 11.9 Å². The zero-order valence-electron chi connectivity index (χ0n) is 16.4. The molecule has 1 saturated carbocycles. The van der Waals surface area contributed by atoms with Gasteiger partial charge in [0.05, 0.1) is 0 Å². The van der Waals surface area contributed by atoms with E-state index in [1.807, 2.05) is 19.2 Å². The van der Waals surface area contributed by atoms with Crippen LogP contribution in [0.15, 0.2) is 36.7 Å². The second-order valence-corrected chi connectivity index (χ2v) is 7.51. The van der Waals surface area contributed by atoms with Crippen LogP contribution in [0.4, 0.5) is 14.6 Å². The van der Waals surface area contributed by atoms with Gasteiger partial charge < -0.3 is 10.2 Å². The van der Waals surface area contributed by atoms with E-state index in [4.69, 9.17) is 0 Å². The topological polar surface area (TPSA) is 67.5 Å². The summed E-state index contributed by atoms with van der Waals surface area (Å²) in [4.78, 5) is 18.5. The lowest BCUT2D eigenvalue weighted by Gasteiger charge is -2.36. The molecule has 29 heavy (non-hydrogen) atoms. The number of halogens is 2. The lowest BCUT2D eigenvalue weighted by Crippen LogP contribution is -2.43. The highest BCUT2D eigenvalue weighted by atomic mass is 19.3. The number of alkyl halides is 2. The molecule has 0 saturated heterocycles. The summed E-state index contributed by atoms with van der Waals surface area (Å²) in [6.45, 7) is 0. The van der Waals surface area contributed by atoms with Crippen molar-refractivity contribution in [1.82, 2.24) is 24.5 Å². The normalized spacial score (nSPS) is 19.6. The number of hydrogen-bond donors (Lipinski definition) is 1. The van der Waals surface area contributed by atoms with E-state index in [1.165, 1.54) is 6.20 Å². The molecule has 1 fully saturated rings. The Morgan fingerprint density at radius 2 is 2.00 bits per heavy atom. The molecule has 0 radical (unpaired) electrons. The second kappa shape index (κ2) is 7.81. The highest BCUT2D eigenvalue weighted by Gasteiger charge is 2.27. The van der Waals surface area contributed by atoms with Gasteiger partial charge in [0.25, 0.3) is 12.3 Å². The predicted octanol–water partition coefficient (Wildman–Crippen LogP) is 3.18. The molecule has 3 heterocycles. The fourth-order valence-electron chi connectivity index (χ4n) is 4.06. The lowest BCUT2D eigenvalue weighted by atomic mass is 9.90. The maximum absolute atomic E-state index is 13.0. The van der Waals surface area contributed by atoms with Crippen LogP contribution in [-0.4, -0.2) is 44.2 Å². The van der Waals surface area contributed by atoms with E-state index in [-0.39, 0.29) is 23.7 Å². The van der Waals surface area contributed by atoms with Crippen molar-refractivity contribution in [3.63, 3.8) is 0 Å². The Morgan fingerprint density at radius 1 is 1.24 bits per heavy atom. The first-order valence-corrected chi connectivity index (χ1v) is 9.72. The number of hydrogen-bond acceptors (Lipinski definition) is 4. The number of pyridine rings is 1. The molecule has 4 rings (SSSR count). The van der Waals surface area contributed by atoms with Crippen molar-refractivity contribution in [2.45, 2.75) is 44.2 Å². The number of carbonyl (C=O) groups is 1. The fourth-order valence-corrected chi connectivity index (χ4v) is 4.06. The van der Waals surface area contributed by atoms with Crippen LogP contribution >= 0.6 is 0 Å². The summed E-state index contributed by atoms with van der Waals surface area (Å²) in [6.07, 6.45) is 3.95. The molecular formula is C20H24F2N6O. The first-order valence-electron chi connectivity index (χ1n) is 9.72.